The van der Waals surface area contributed by atoms with Crippen molar-refractivity contribution in [3.05, 3.63) is 53.9 Å². The number of hydrogen-bond acceptors (Lipinski definition) is 4. The molecule has 0 radical (unpaired) electrons. The van der Waals surface area contributed by atoms with E-state index in [4.69, 9.17) is 9.83 Å². The van der Waals surface area contributed by atoms with Crippen LogP contribution in [0.4, 0.5) is 5.69 Å². The summed E-state index contributed by atoms with van der Waals surface area (Å²) < 4.78 is 5.92. The summed E-state index contributed by atoms with van der Waals surface area (Å²) in [5.41, 5.74) is 2.66. The van der Waals surface area contributed by atoms with Crippen molar-refractivity contribution in [2.24, 2.45) is 0 Å². The van der Waals surface area contributed by atoms with Crippen LogP contribution in [0, 0.1) is 5.41 Å². The lowest BCUT2D eigenvalue weighted by atomic mass is 10.0. The molecule has 2 N–H and O–H groups in total. The minimum absolute atomic E-state index is 0.141. The molecule has 0 saturated heterocycles. The summed E-state index contributed by atoms with van der Waals surface area (Å²) >= 11 is 0. The van der Waals surface area contributed by atoms with Crippen LogP contribution in [-0.4, -0.2) is 10.9 Å². The van der Waals surface area contributed by atoms with Gasteiger partial charge in [-0.25, -0.2) is 4.98 Å². The maximum absolute atomic E-state index is 11.2. The number of fused-ring (bicyclic) bond motifs is 4. The van der Waals surface area contributed by atoms with Gasteiger partial charge >= 0.3 is 0 Å². The van der Waals surface area contributed by atoms with Crippen molar-refractivity contribution >= 4 is 33.5 Å². The third-order valence-corrected chi connectivity index (χ3v) is 3.71. The van der Waals surface area contributed by atoms with E-state index < -0.39 is 0 Å². The molecule has 4 rings (SSSR count). The second-order valence-electron chi connectivity index (χ2n) is 5.39. The van der Waals surface area contributed by atoms with E-state index in [2.05, 4.69) is 10.3 Å². The first-order valence-electron chi connectivity index (χ1n) is 7.20. The van der Waals surface area contributed by atoms with Crippen LogP contribution >= 0.6 is 0 Å². The van der Waals surface area contributed by atoms with Gasteiger partial charge in [0.2, 0.25) is 5.91 Å². The molecule has 5 nitrogen and oxygen atoms in total. The van der Waals surface area contributed by atoms with Gasteiger partial charge in [0.15, 0.2) is 11.3 Å². The Labute approximate surface area is 131 Å². The van der Waals surface area contributed by atoms with Gasteiger partial charge in [-0.2, -0.15) is 0 Å². The minimum Gasteiger partial charge on any atom is -0.453 e. The second-order valence-corrected chi connectivity index (χ2v) is 5.39. The zero-order valence-corrected chi connectivity index (χ0v) is 12.4. The lowest BCUT2D eigenvalue weighted by Crippen LogP contribution is -2.06. The third-order valence-electron chi connectivity index (χ3n) is 3.71. The van der Waals surface area contributed by atoms with Crippen molar-refractivity contribution < 1.29 is 9.21 Å². The van der Waals surface area contributed by atoms with Crippen LogP contribution in [0.3, 0.4) is 0 Å². The molecule has 1 amide bonds. The van der Waals surface area contributed by atoms with E-state index in [9.17, 15) is 4.79 Å². The highest BCUT2D eigenvalue weighted by atomic mass is 16.3. The molecule has 0 aromatic heterocycles. The molecule has 0 atom stereocenters. The van der Waals surface area contributed by atoms with Gasteiger partial charge in [-0.3, -0.25) is 4.79 Å². The zero-order valence-electron chi connectivity index (χ0n) is 12.4. The Balaban J connectivity index is 2.05. The summed E-state index contributed by atoms with van der Waals surface area (Å²) in [5.74, 6) is 0.415. The van der Waals surface area contributed by atoms with E-state index in [0.717, 1.165) is 16.5 Å². The van der Waals surface area contributed by atoms with Crippen molar-refractivity contribution in [2.45, 2.75) is 6.92 Å². The summed E-state index contributed by atoms with van der Waals surface area (Å²) in [6.07, 6.45) is 0. The molecule has 1 aliphatic heterocycles. The number of carbonyl (C=O) groups excluding carboxylic acids is 1. The van der Waals surface area contributed by atoms with Crippen LogP contribution in [0.5, 0.6) is 0 Å². The van der Waals surface area contributed by atoms with Crippen molar-refractivity contribution in [1.82, 2.24) is 4.98 Å². The number of aromatic nitrogens is 1. The molecule has 112 valence electrons. The van der Waals surface area contributed by atoms with Gasteiger partial charge in [0, 0.05) is 35.5 Å². The van der Waals surface area contributed by atoms with Crippen LogP contribution in [0.2, 0.25) is 0 Å². The predicted molar refractivity (Wildman–Crippen MR) is 88.3 cm³/mol. The van der Waals surface area contributed by atoms with Gasteiger partial charge in [0.25, 0.3) is 0 Å². The fraction of sp³-hybridized carbons (Fsp3) is 0.0556. The first-order valence-corrected chi connectivity index (χ1v) is 7.20. The average Bonchev–Trinajstić information content (AvgIpc) is 2.53. The number of amides is 1. The number of hydrogen-bond donors (Lipinski definition) is 2. The molecular weight excluding hydrogens is 290 g/mol. The molecular formula is C18H13N3O2. The van der Waals surface area contributed by atoms with Crippen molar-refractivity contribution in [2.75, 3.05) is 5.32 Å². The maximum Gasteiger partial charge on any atom is 0.221 e. The largest absolute Gasteiger partial charge is 0.453 e. The number of nitrogens with one attached hydrogen (secondary N) is 2. The number of nitrogens with zero attached hydrogens (tertiary/aromatic N) is 1. The Kier molecular flexibility index (Phi) is 2.87. The van der Waals surface area contributed by atoms with Crippen LogP contribution < -0.4 is 10.7 Å². The van der Waals surface area contributed by atoms with Gasteiger partial charge in [0.05, 0.1) is 5.36 Å². The molecule has 2 aliphatic rings. The van der Waals surface area contributed by atoms with E-state index in [1.807, 2.05) is 30.3 Å². The SMILES string of the molecule is CC(=O)Nc1ccc2nc3c4ccccc4c(=N)cc-3oc2c1. The Bertz CT molecular complexity index is 1100. The standard InChI is InChI=1S/C18H13N3O2/c1-10(22)20-11-6-7-15-16(8-11)23-17-9-14(19)12-4-2-3-5-13(12)18(17)21-15/h2-9,19H,1H3,(H,20,22). The van der Waals surface area contributed by atoms with E-state index in [1.165, 1.54) is 6.92 Å². The summed E-state index contributed by atoms with van der Waals surface area (Å²) in [6.45, 7) is 1.46. The van der Waals surface area contributed by atoms with Crippen molar-refractivity contribution in [3.8, 4) is 11.5 Å². The van der Waals surface area contributed by atoms with E-state index >= 15 is 0 Å². The van der Waals surface area contributed by atoms with Gasteiger partial charge in [0.1, 0.15) is 11.2 Å². The lowest BCUT2D eigenvalue weighted by Gasteiger charge is -2.10. The van der Waals surface area contributed by atoms with Crippen LogP contribution in [0.1, 0.15) is 6.92 Å². The third kappa shape index (κ3) is 2.23. The van der Waals surface area contributed by atoms with E-state index in [0.29, 0.717) is 27.9 Å². The van der Waals surface area contributed by atoms with Crippen LogP contribution in [0.25, 0.3) is 33.3 Å². The van der Waals surface area contributed by atoms with Crippen LogP contribution in [0.15, 0.2) is 52.9 Å². The number of rotatable bonds is 1. The minimum atomic E-state index is -0.141. The number of anilines is 1. The fourth-order valence-electron chi connectivity index (χ4n) is 2.74. The topological polar surface area (TPSA) is 79.0 Å². The summed E-state index contributed by atoms with van der Waals surface area (Å²) in [7, 11) is 0. The maximum atomic E-state index is 11.2. The normalized spacial score (nSPS) is 11.2. The first kappa shape index (κ1) is 13.5. The fourth-order valence-corrected chi connectivity index (χ4v) is 2.74. The van der Waals surface area contributed by atoms with Gasteiger partial charge in [-0.15, -0.1) is 0 Å². The number of benzene rings is 3. The quantitative estimate of drug-likeness (QED) is 0.417. The highest BCUT2D eigenvalue weighted by Gasteiger charge is 2.14. The molecule has 23 heavy (non-hydrogen) atoms. The zero-order chi connectivity index (χ0) is 16.0. The summed E-state index contributed by atoms with van der Waals surface area (Å²) in [5, 5.41) is 13.0. The first-order chi connectivity index (χ1) is 11.1. The molecule has 2 aromatic carbocycles. The lowest BCUT2D eigenvalue weighted by molar-refractivity contribution is -0.114. The highest BCUT2D eigenvalue weighted by Crippen LogP contribution is 2.30. The average molecular weight is 303 g/mol. The van der Waals surface area contributed by atoms with Gasteiger partial charge < -0.3 is 15.1 Å². The van der Waals surface area contributed by atoms with Crippen LogP contribution in [-0.2, 0) is 4.79 Å². The molecule has 0 saturated carbocycles. The van der Waals surface area contributed by atoms with E-state index in [-0.39, 0.29) is 5.91 Å². The van der Waals surface area contributed by atoms with Gasteiger partial charge in [-0.1, -0.05) is 24.3 Å². The molecule has 0 unspecified atom stereocenters. The Morgan fingerprint density at radius 1 is 1.13 bits per heavy atom. The highest BCUT2D eigenvalue weighted by molar-refractivity contribution is 5.97. The Morgan fingerprint density at radius 2 is 1.91 bits per heavy atom. The van der Waals surface area contributed by atoms with E-state index in [1.54, 1.807) is 18.2 Å². The van der Waals surface area contributed by atoms with Crippen molar-refractivity contribution in [3.63, 3.8) is 0 Å². The Morgan fingerprint density at radius 3 is 2.70 bits per heavy atom. The number of carbonyl (C=O) groups is 1. The molecule has 0 bridgehead atoms. The molecule has 2 aromatic rings. The molecule has 1 aliphatic carbocycles. The molecule has 0 fully saturated rings. The summed E-state index contributed by atoms with van der Waals surface area (Å²) in [4.78, 5) is 15.8. The second kappa shape index (κ2) is 4.91. The van der Waals surface area contributed by atoms with Gasteiger partial charge in [-0.05, 0) is 12.1 Å². The molecule has 1 heterocycles. The monoisotopic (exact) mass is 303 g/mol. The predicted octanol–water partition coefficient (Wildman–Crippen LogP) is 3.52. The molecule has 5 heteroatoms. The Hall–Kier alpha value is -3.21. The smallest absolute Gasteiger partial charge is 0.221 e. The van der Waals surface area contributed by atoms with Crippen molar-refractivity contribution in [1.29, 1.82) is 5.41 Å². The summed E-state index contributed by atoms with van der Waals surface area (Å²) in [6, 6.07) is 14.7. The molecule has 0 spiro atoms.